The standard InChI is InChI=1S/C12H19N3O4/c1-17-10-9(11(18-2)15-8-14-10)5-13-6-12(16)3-4-19-7-12/h8,13,16H,3-7H2,1-2H3. The van der Waals surface area contributed by atoms with Gasteiger partial charge in [0, 0.05) is 26.1 Å². The maximum Gasteiger partial charge on any atom is 0.224 e. The van der Waals surface area contributed by atoms with Crippen molar-refractivity contribution < 1.29 is 19.3 Å². The van der Waals surface area contributed by atoms with E-state index in [0.717, 1.165) is 5.56 Å². The molecule has 106 valence electrons. The lowest BCUT2D eigenvalue weighted by atomic mass is 10.0. The Morgan fingerprint density at radius 3 is 2.58 bits per heavy atom. The highest BCUT2D eigenvalue weighted by Crippen LogP contribution is 2.23. The van der Waals surface area contributed by atoms with Crippen LogP contribution in [0, 0.1) is 0 Å². The van der Waals surface area contributed by atoms with Gasteiger partial charge in [-0.15, -0.1) is 0 Å². The van der Waals surface area contributed by atoms with Gasteiger partial charge in [0.05, 0.1) is 26.4 Å². The van der Waals surface area contributed by atoms with Crippen LogP contribution in [0.3, 0.4) is 0 Å². The molecule has 2 rings (SSSR count). The summed E-state index contributed by atoms with van der Waals surface area (Å²) in [4.78, 5) is 8.07. The second-order valence-electron chi connectivity index (χ2n) is 4.50. The van der Waals surface area contributed by atoms with Gasteiger partial charge in [-0.2, -0.15) is 0 Å². The van der Waals surface area contributed by atoms with E-state index in [2.05, 4.69) is 15.3 Å². The minimum absolute atomic E-state index is 0.361. The molecule has 2 N–H and O–H groups in total. The Morgan fingerprint density at radius 1 is 1.37 bits per heavy atom. The number of aromatic nitrogens is 2. The van der Waals surface area contributed by atoms with E-state index in [9.17, 15) is 5.11 Å². The summed E-state index contributed by atoms with van der Waals surface area (Å²) in [7, 11) is 3.09. The zero-order valence-electron chi connectivity index (χ0n) is 11.2. The van der Waals surface area contributed by atoms with Crippen molar-refractivity contribution in [1.29, 1.82) is 0 Å². The lowest BCUT2D eigenvalue weighted by Crippen LogP contribution is -2.40. The van der Waals surface area contributed by atoms with E-state index < -0.39 is 5.60 Å². The maximum absolute atomic E-state index is 10.1. The van der Waals surface area contributed by atoms with Crippen LogP contribution in [0.2, 0.25) is 0 Å². The lowest BCUT2D eigenvalue weighted by molar-refractivity contribution is 0.0267. The summed E-state index contributed by atoms with van der Waals surface area (Å²) in [5, 5.41) is 13.3. The highest BCUT2D eigenvalue weighted by atomic mass is 16.5. The third-order valence-electron chi connectivity index (χ3n) is 3.09. The van der Waals surface area contributed by atoms with Crippen molar-refractivity contribution in [3.8, 4) is 11.8 Å². The fourth-order valence-corrected chi connectivity index (χ4v) is 2.04. The molecule has 0 aliphatic carbocycles. The fourth-order valence-electron chi connectivity index (χ4n) is 2.04. The van der Waals surface area contributed by atoms with Gasteiger partial charge in [-0.3, -0.25) is 0 Å². The molecule has 1 aromatic heterocycles. The second kappa shape index (κ2) is 6.14. The summed E-state index contributed by atoms with van der Waals surface area (Å²) in [5.74, 6) is 0.933. The molecular formula is C12H19N3O4. The second-order valence-corrected chi connectivity index (χ2v) is 4.50. The van der Waals surface area contributed by atoms with E-state index >= 15 is 0 Å². The summed E-state index contributed by atoms with van der Waals surface area (Å²) in [5.41, 5.74) is -0.0640. The number of hydrogen-bond acceptors (Lipinski definition) is 7. The Balaban J connectivity index is 1.98. The van der Waals surface area contributed by atoms with Gasteiger partial charge in [0.15, 0.2) is 0 Å². The molecule has 1 aromatic rings. The smallest absolute Gasteiger partial charge is 0.224 e. The minimum atomic E-state index is -0.796. The van der Waals surface area contributed by atoms with Gasteiger partial charge in [-0.05, 0) is 0 Å². The van der Waals surface area contributed by atoms with E-state index in [1.807, 2.05) is 0 Å². The van der Waals surface area contributed by atoms with E-state index in [1.165, 1.54) is 6.33 Å². The molecule has 1 atom stereocenters. The van der Waals surface area contributed by atoms with Gasteiger partial charge >= 0.3 is 0 Å². The molecule has 0 aromatic carbocycles. The number of rotatable bonds is 6. The summed E-state index contributed by atoms with van der Waals surface area (Å²) >= 11 is 0. The summed E-state index contributed by atoms with van der Waals surface area (Å²) < 4.78 is 15.5. The van der Waals surface area contributed by atoms with E-state index in [0.29, 0.717) is 44.5 Å². The van der Waals surface area contributed by atoms with Crippen molar-refractivity contribution in [1.82, 2.24) is 15.3 Å². The quantitative estimate of drug-likeness (QED) is 0.735. The third-order valence-corrected chi connectivity index (χ3v) is 3.09. The van der Waals surface area contributed by atoms with Crippen LogP contribution < -0.4 is 14.8 Å². The maximum atomic E-state index is 10.1. The largest absolute Gasteiger partial charge is 0.481 e. The first kappa shape index (κ1) is 14.0. The highest BCUT2D eigenvalue weighted by molar-refractivity contribution is 5.34. The van der Waals surface area contributed by atoms with Crippen molar-refractivity contribution >= 4 is 0 Å². The van der Waals surface area contributed by atoms with Crippen LogP contribution in [0.4, 0.5) is 0 Å². The van der Waals surface area contributed by atoms with Crippen LogP contribution in [-0.4, -0.2) is 54.7 Å². The highest BCUT2D eigenvalue weighted by Gasteiger charge is 2.31. The molecule has 0 bridgehead atoms. The monoisotopic (exact) mass is 269 g/mol. The summed E-state index contributed by atoms with van der Waals surface area (Å²) in [6.45, 7) is 1.85. The van der Waals surface area contributed by atoms with Crippen molar-refractivity contribution in [2.45, 2.75) is 18.6 Å². The Kier molecular flexibility index (Phi) is 4.52. The molecule has 7 heteroatoms. The molecule has 1 saturated heterocycles. The molecule has 0 saturated carbocycles. The average Bonchev–Trinajstić information content (AvgIpc) is 2.85. The van der Waals surface area contributed by atoms with Crippen LogP contribution in [0.15, 0.2) is 6.33 Å². The topological polar surface area (TPSA) is 85.7 Å². The Bertz CT molecular complexity index is 399. The predicted molar refractivity (Wildman–Crippen MR) is 67.2 cm³/mol. The molecule has 1 aliphatic rings. The first-order chi connectivity index (χ1) is 9.18. The van der Waals surface area contributed by atoms with Crippen molar-refractivity contribution in [2.24, 2.45) is 0 Å². The van der Waals surface area contributed by atoms with Crippen LogP contribution in [-0.2, 0) is 11.3 Å². The molecule has 1 aliphatic heterocycles. The van der Waals surface area contributed by atoms with Gasteiger partial charge in [-0.25, -0.2) is 9.97 Å². The molecule has 19 heavy (non-hydrogen) atoms. The average molecular weight is 269 g/mol. The Hall–Kier alpha value is -1.44. The van der Waals surface area contributed by atoms with E-state index in [-0.39, 0.29) is 0 Å². The van der Waals surface area contributed by atoms with Gasteiger partial charge < -0.3 is 24.6 Å². The number of ether oxygens (including phenoxy) is 3. The number of hydrogen-bond donors (Lipinski definition) is 2. The van der Waals surface area contributed by atoms with Gasteiger partial charge in [0.2, 0.25) is 11.8 Å². The van der Waals surface area contributed by atoms with Crippen LogP contribution >= 0.6 is 0 Å². The van der Waals surface area contributed by atoms with Gasteiger partial charge in [0.25, 0.3) is 0 Å². The molecule has 7 nitrogen and oxygen atoms in total. The SMILES string of the molecule is COc1ncnc(OC)c1CNCC1(O)CCOC1. The lowest BCUT2D eigenvalue weighted by Gasteiger charge is -2.21. The van der Waals surface area contributed by atoms with E-state index in [1.54, 1.807) is 14.2 Å². The van der Waals surface area contributed by atoms with Crippen LogP contribution in [0.25, 0.3) is 0 Å². The predicted octanol–water partition coefficient (Wildman–Crippen LogP) is -0.265. The van der Waals surface area contributed by atoms with Crippen LogP contribution in [0.5, 0.6) is 11.8 Å². The number of nitrogens with zero attached hydrogens (tertiary/aromatic N) is 2. The Labute approximate surface area is 111 Å². The molecule has 2 heterocycles. The normalized spacial score (nSPS) is 22.5. The molecule has 1 unspecified atom stereocenters. The minimum Gasteiger partial charge on any atom is -0.481 e. The zero-order valence-corrected chi connectivity index (χ0v) is 11.2. The summed E-state index contributed by atoms with van der Waals surface area (Å²) in [6.07, 6.45) is 2.03. The first-order valence-electron chi connectivity index (χ1n) is 6.11. The Morgan fingerprint density at radius 2 is 2.05 bits per heavy atom. The number of methoxy groups -OCH3 is 2. The third kappa shape index (κ3) is 3.31. The molecule has 0 radical (unpaired) electrons. The van der Waals surface area contributed by atoms with Crippen molar-refractivity contribution in [2.75, 3.05) is 34.0 Å². The molecule has 1 fully saturated rings. The molecule has 0 amide bonds. The van der Waals surface area contributed by atoms with E-state index in [4.69, 9.17) is 14.2 Å². The molecular weight excluding hydrogens is 250 g/mol. The number of nitrogens with one attached hydrogen (secondary N) is 1. The van der Waals surface area contributed by atoms with Crippen LogP contribution in [0.1, 0.15) is 12.0 Å². The van der Waals surface area contributed by atoms with Gasteiger partial charge in [0.1, 0.15) is 11.9 Å². The zero-order chi connectivity index (χ0) is 13.7. The van der Waals surface area contributed by atoms with Crippen molar-refractivity contribution in [3.05, 3.63) is 11.9 Å². The summed E-state index contributed by atoms with van der Waals surface area (Å²) in [6, 6.07) is 0. The number of aliphatic hydroxyl groups is 1. The first-order valence-corrected chi connectivity index (χ1v) is 6.11. The fraction of sp³-hybridized carbons (Fsp3) is 0.667. The van der Waals surface area contributed by atoms with Gasteiger partial charge in [-0.1, -0.05) is 0 Å². The van der Waals surface area contributed by atoms with Crippen molar-refractivity contribution in [3.63, 3.8) is 0 Å². The molecule has 0 spiro atoms.